The van der Waals surface area contributed by atoms with E-state index in [2.05, 4.69) is 75.9 Å². The Kier molecular flexibility index (Phi) is 4.41. The number of aromatic nitrogens is 3. The highest BCUT2D eigenvalue weighted by Gasteiger charge is 2.19. The molecule has 0 N–H and O–H groups in total. The molecule has 0 amide bonds. The van der Waals surface area contributed by atoms with Crippen LogP contribution in [0.4, 0.5) is 0 Å². The highest BCUT2D eigenvalue weighted by atomic mass is 16.3. The Morgan fingerprint density at radius 3 is 2.05 bits per heavy atom. The molecule has 0 atom stereocenters. The molecule has 4 aromatic heterocycles. The fourth-order valence-electron chi connectivity index (χ4n) is 6.35. The number of hydrogen-bond acceptors (Lipinski definition) is 3. The van der Waals surface area contributed by atoms with Crippen LogP contribution in [0.2, 0.25) is 0 Å². The molecule has 5 heteroatoms. The number of rotatable bonds is 2. The smallest absolute Gasteiger partial charge is 0.200 e. The van der Waals surface area contributed by atoms with Crippen LogP contribution in [-0.4, -0.2) is 14.1 Å². The molecule has 5 aromatic carbocycles. The van der Waals surface area contributed by atoms with E-state index in [0.717, 1.165) is 49.7 Å². The third kappa shape index (κ3) is 3.06. The van der Waals surface area contributed by atoms with Crippen LogP contribution in [0.1, 0.15) is 0 Å². The lowest BCUT2D eigenvalue weighted by atomic mass is 10.1. The number of para-hydroxylation sites is 3. The summed E-state index contributed by atoms with van der Waals surface area (Å²) in [6.45, 7) is 0. The average molecular weight is 528 g/mol. The lowest BCUT2D eigenvalue weighted by Gasteiger charge is -2.10. The van der Waals surface area contributed by atoms with E-state index in [9.17, 15) is 4.79 Å². The first-order valence-corrected chi connectivity index (χ1v) is 13.6. The summed E-state index contributed by atoms with van der Waals surface area (Å²) in [6, 6.07) is 40.9. The Balaban J connectivity index is 1.41. The summed E-state index contributed by atoms with van der Waals surface area (Å²) >= 11 is 0. The maximum absolute atomic E-state index is 13.5. The Morgan fingerprint density at radius 2 is 1.17 bits per heavy atom. The predicted molar refractivity (Wildman–Crippen MR) is 166 cm³/mol. The first-order chi connectivity index (χ1) is 20.3. The highest BCUT2D eigenvalue weighted by Crippen LogP contribution is 2.39. The molecule has 0 saturated heterocycles. The van der Waals surface area contributed by atoms with Gasteiger partial charge in [-0.05, 0) is 72.8 Å². The first kappa shape index (κ1) is 22.2. The van der Waals surface area contributed by atoms with Gasteiger partial charge in [0.2, 0.25) is 5.43 Å². The zero-order valence-corrected chi connectivity index (χ0v) is 21.8. The van der Waals surface area contributed by atoms with E-state index >= 15 is 0 Å². The van der Waals surface area contributed by atoms with Crippen molar-refractivity contribution in [2.24, 2.45) is 0 Å². The van der Waals surface area contributed by atoms with Gasteiger partial charge in [-0.25, -0.2) is 4.98 Å². The van der Waals surface area contributed by atoms with Gasteiger partial charge in [-0.3, -0.25) is 9.36 Å². The standard InChI is InChI=1S/C36H21N3O2/c40-35-26-12-5-7-15-33(26)41-34-17-16-23(19-29(34)35)39-32-20-27-24-11-4-6-14-30(24)38(22-9-2-1-3-10-22)31(27)21-28(32)25-13-8-18-37-36(25)39/h1-21H. The van der Waals surface area contributed by atoms with E-state index in [-0.39, 0.29) is 5.43 Å². The van der Waals surface area contributed by atoms with Gasteiger partial charge >= 0.3 is 0 Å². The summed E-state index contributed by atoms with van der Waals surface area (Å²) in [6.07, 6.45) is 1.82. The van der Waals surface area contributed by atoms with Crippen molar-refractivity contribution < 1.29 is 4.42 Å². The third-order valence-electron chi connectivity index (χ3n) is 8.15. The highest BCUT2D eigenvalue weighted by molar-refractivity contribution is 6.18. The summed E-state index contributed by atoms with van der Waals surface area (Å²) in [4.78, 5) is 18.3. The molecular formula is C36H21N3O2. The monoisotopic (exact) mass is 527 g/mol. The largest absolute Gasteiger partial charge is 0.456 e. The maximum Gasteiger partial charge on any atom is 0.200 e. The Morgan fingerprint density at radius 1 is 0.488 bits per heavy atom. The van der Waals surface area contributed by atoms with Gasteiger partial charge in [-0.2, -0.15) is 0 Å². The van der Waals surface area contributed by atoms with Crippen molar-refractivity contribution in [2.45, 2.75) is 0 Å². The molecular weight excluding hydrogens is 506 g/mol. The van der Waals surface area contributed by atoms with Crippen molar-refractivity contribution in [1.29, 1.82) is 0 Å². The molecule has 9 rings (SSSR count). The molecule has 0 unspecified atom stereocenters. The van der Waals surface area contributed by atoms with E-state index in [1.54, 1.807) is 0 Å². The molecule has 192 valence electrons. The minimum atomic E-state index is -0.0363. The van der Waals surface area contributed by atoms with Crippen molar-refractivity contribution in [3.63, 3.8) is 0 Å². The molecule has 0 spiro atoms. The molecule has 5 nitrogen and oxygen atoms in total. The van der Waals surface area contributed by atoms with Crippen molar-refractivity contribution >= 4 is 65.7 Å². The summed E-state index contributed by atoms with van der Waals surface area (Å²) in [5.41, 5.74) is 7.28. The number of nitrogens with zero attached hydrogens (tertiary/aromatic N) is 3. The lowest BCUT2D eigenvalue weighted by Crippen LogP contribution is -2.03. The maximum atomic E-state index is 13.5. The Labute approximate surface area is 233 Å². The summed E-state index contributed by atoms with van der Waals surface area (Å²) in [5.74, 6) is 0. The molecule has 0 aliphatic rings. The minimum Gasteiger partial charge on any atom is -0.456 e. The van der Waals surface area contributed by atoms with Gasteiger partial charge in [0, 0.05) is 39.1 Å². The first-order valence-electron chi connectivity index (χ1n) is 13.6. The fourth-order valence-corrected chi connectivity index (χ4v) is 6.35. The summed E-state index contributed by atoms with van der Waals surface area (Å²) < 4.78 is 10.6. The van der Waals surface area contributed by atoms with Crippen LogP contribution in [-0.2, 0) is 0 Å². The Bertz CT molecular complexity index is 2550. The number of pyridine rings is 1. The molecule has 0 aliphatic heterocycles. The summed E-state index contributed by atoms with van der Waals surface area (Å²) in [5, 5.41) is 5.63. The van der Waals surface area contributed by atoms with E-state index < -0.39 is 0 Å². The van der Waals surface area contributed by atoms with Crippen molar-refractivity contribution in [3.8, 4) is 11.4 Å². The van der Waals surface area contributed by atoms with Crippen LogP contribution in [0.5, 0.6) is 0 Å². The average Bonchev–Trinajstić information content (AvgIpc) is 3.53. The van der Waals surface area contributed by atoms with Crippen LogP contribution in [0.25, 0.3) is 77.1 Å². The topological polar surface area (TPSA) is 53.0 Å². The molecule has 0 aliphatic carbocycles. The quantitative estimate of drug-likeness (QED) is 0.212. The van der Waals surface area contributed by atoms with E-state index in [0.29, 0.717) is 21.9 Å². The van der Waals surface area contributed by atoms with Crippen LogP contribution < -0.4 is 5.43 Å². The second kappa shape index (κ2) is 8.16. The minimum absolute atomic E-state index is 0.0363. The molecule has 0 bridgehead atoms. The van der Waals surface area contributed by atoms with Crippen molar-refractivity contribution in [1.82, 2.24) is 14.1 Å². The van der Waals surface area contributed by atoms with Gasteiger partial charge < -0.3 is 8.98 Å². The normalized spacial score (nSPS) is 12.0. The van der Waals surface area contributed by atoms with Gasteiger partial charge in [0.15, 0.2) is 0 Å². The van der Waals surface area contributed by atoms with Gasteiger partial charge in [0.05, 0.1) is 27.3 Å². The second-order valence-corrected chi connectivity index (χ2v) is 10.4. The van der Waals surface area contributed by atoms with Crippen LogP contribution in [0.3, 0.4) is 0 Å². The second-order valence-electron chi connectivity index (χ2n) is 10.4. The fraction of sp³-hybridized carbons (Fsp3) is 0. The SMILES string of the molecule is O=c1c2ccccc2oc2ccc(-n3c4cc5c6ccccc6n(-c6ccccc6)c5cc4c4cccnc43)cc12. The zero-order valence-electron chi connectivity index (χ0n) is 21.8. The van der Waals surface area contributed by atoms with E-state index in [1.165, 1.54) is 5.39 Å². The molecule has 41 heavy (non-hydrogen) atoms. The number of benzene rings is 5. The zero-order chi connectivity index (χ0) is 27.1. The van der Waals surface area contributed by atoms with Crippen molar-refractivity contribution in [2.75, 3.05) is 0 Å². The molecule has 9 aromatic rings. The van der Waals surface area contributed by atoms with Gasteiger partial charge in [0.25, 0.3) is 0 Å². The number of hydrogen-bond donors (Lipinski definition) is 0. The summed E-state index contributed by atoms with van der Waals surface area (Å²) in [7, 11) is 0. The van der Waals surface area contributed by atoms with Crippen LogP contribution in [0, 0.1) is 0 Å². The van der Waals surface area contributed by atoms with Crippen LogP contribution in [0.15, 0.2) is 137 Å². The van der Waals surface area contributed by atoms with Gasteiger partial charge in [-0.15, -0.1) is 0 Å². The van der Waals surface area contributed by atoms with Gasteiger partial charge in [0.1, 0.15) is 16.8 Å². The van der Waals surface area contributed by atoms with E-state index in [4.69, 9.17) is 9.40 Å². The van der Waals surface area contributed by atoms with Gasteiger partial charge in [-0.1, -0.05) is 48.5 Å². The molecule has 4 heterocycles. The molecule has 0 fully saturated rings. The number of fused-ring (bicyclic) bond motifs is 8. The van der Waals surface area contributed by atoms with Crippen molar-refractivity contribution in [3.05, 3.63) is 138 Å². The Hall–Kier alpha value is -5.68. The molecule has 0 radical (unpaired) electrons. The third-order valence-corrected chi connectivity index (χ3v) is 8.15. The molecule has 0 saturated carbocycles. The lowest BCUT2D eigenvalue weighted by molar-refractivity contribution is 0.660. The van der Waals surface area contributed by atoms with Crippen LogP contribution >= 0.6 is 0 Å². The van der Waals surface area contributed by atoms with E-state index in [1.807, 2.05) is 60.8 Å². The predicted octanol–water partition coefficient (Wildman–Crippen LogP) is 8.54.